The Balaban J connectivity index is 1.63. The largest absolute Gasteiger partial charge is 0.368 e. The van der Waals surface area contributed by atoms with Crippen molar-refractivity contribution in [2.24, 2.45) is 5.73 Å². The van der Waals surface area contributed by atoms with Crippen LogP contribution in [0.15, 0.2) is 54.7 Å². The molecule has 1 aliphatic rings. The second-order valence-electron chi connectivity index (χ2n) is 6.08. The minimum absolute atomic E-state index is 0.169. The molecule has 4 rings (SSSR count). The lowest BCUT2D eigenvalue weighted by molar-refractivity contribution is -0.119. The zero-order valence-corrected chi connectivity index (χ0v) is 12.8. The number of anilines is 1. The smallest absolute Gasteiger partial charge is 0.240 e. The number of rotatable bonds is 3. The van der Waals surface area contributed by atoms with Gasteiger partial charge in [-0.3, -0.25) is 4.79 Å². The number of nitrogens with one attached hydrogen (secondary N) is 1. The summed E-state index contributed by atoms with van der Waals surface area (Å²) in [4.78, 5) is 16.9. The maximum absolute atomic E-state index is 11.6. The molecule has 2 heterocycles. The Morgan fingerprint density at radius 2 is 1.87 bits per heavy atom. The molecule has 1 aromatic heterocycles. The Kier molecular flexibility index (Phi) is 3.30. The number of fused-ring (bicyclic) bond motifs is 1. The number of hydrogen-bond acceptors (Lipinski definition) is 2. The first-order valence-electron chi connectivity index (χ1n) is 7.96. The summed E-state index contributed by atoms with van der Waals surface area (Å²) in [5.74, 6) is -0.232. The summed E-state index contributed by atoms with van der Waals surface area (Å²) in [5.41, 5.74) is 10.1. The van der Waals surface area contributed by atoms with Gasteiger partial charge >= 0.3 is 0 Å². The highest BCUT2D eigenvalue weighted by molar-refractivity contribution is 5.86. The van der Waals surface area contributed by atoms with E-state index in [-0.39, 0.29) is 11.9 Å². The van der Waals surface area contributed by atoms with Crippen LogP contribution >= 0.6 is 0 Å². The van der Waals surface area contributed by atoms with Crippen molar-refractivity contribution in [1.82, 2.24) is 4.98 Å². The van der Waals surface area contributed by atoms with E-state index < -0.39 is 0 Å². The van der Waals surface area contributed by atoms with Gasteiger partial charge in [-0.1, -0.05) is 18.2 Å². The van der Waals surface area contributed by atoms with Crippen LogP contribution in [0.2, 0.25) is 0 Å². The van der Waals surface area contributed by atoms with E-state index in [1.807, 2.05) is 6.20 Å². The van der Waals surface area contributed by atoms with Crippen LogP contribution < -0.4 is 10.6 Å². The van der Waals surface area contributed by atoms with Crippen molar-refractivity contribution in [2.75, 3.05) is 11.4 Å². The maximum atomic E-state index is 11.6. The molecule has 0 unspecified atom stereocenters. The van der Waals surface area contributed by atoms with Gasteiger partial charge in [0.25, 0.3) is 0 Å². The molecule has 0 radical (unpaired) electrons. The van der Waals surface area contributed by atoms with Crippen molar-refractivity contribution >= 4 is 22.5 Å². The molecule has 1 atom stereocenters. The summed E-state index contributed by atoms with van der Waals surface area (Å²) >= 11 is 0. The Labute approximate surface area is 134 Å². The molecule has 3 aromatic rings. The quantitative estimate of drug-likeness (QED) is 0.780. The molecular formula is C19H19N3O. The zero-order chi connectivity index (χ0) is 15.8. The van der Waals surface area contributed by atoms with Gasteiger partial charge in [-0.2, -0.15) is 0 Å². The van der Waals surface area contributed by atoms with Gasteiger partial charge < -0.3 is 15.6 Å². The van der Waals surface area contributed by atoms with Gasteiger partial charge in [0.15, 0.2) is 0 Å². The predicted octanol–water partition coefficient (Wildman–Crippen LogP) is 3.29. The monoisotopic (exact) mass is 305 g/mol. The van der Waals surface area contributed by atoms with E-state index in [1.54, 1.807) is 0 Å². The topological polar surface area (TPSA) is 62.1 Å². The minimum Gasteiger partial charge on any atom is -0.368 e. The Morgan fingerprint density at radius 1 is 1.09 bits per heavy atom. The number of nitrogens with zero attached hydrogens (tertiary/aromatic N) is 1. The number of aromatic nitrogens is 1. The molecule has 1 saturated heterocycles. The summed E-state index contributed by atoms with van der Waals surface area (Å²) in [6.45, 7) is 0.891. The molecule has 1 fully saturated rings. The van der Waals surface area contributed by atoms with E-state index >= 15 is 0 Å². The van der Waals surface area contributed by atoms with Gasteiger partial charge in [0, 0.05) is 23.9 Å². The van der Waals surface area contributed by atoms with Gasteiger partial charge in [-0.05, 0) is 59.7 Å². The SMILES string of the molecule is NC(=O)[C@H]1CCCN1c1ccc(-c2ccc3[nH]ccc3c2)cc1. The van der Waals surface area contributed by atoms with Crippen molar-refractivity contribution < 1.29 is 4.79 Å². The molecule has 116 valence electrons. The fourth-order valence-electron chi connectivity index (χ4n) is 3.45. The van der Waals surface area contributed by atoms with Crippen LogP contribution in [-0.4, -0.2) is 23.5 Å². The third kappa shape index (κ3) is 2.46. The Hall–Kier alpha value is -2.75. The molecule has 1 amide bonds. The number of carbonyl (C=O) groups is 1. The first-order chi connectivity index (χ1) is 11.2. The summed E-state index contributed by atoms with van der Waals surface area (Å²) in [7, 11) is 0. The second kappa shape index (κ2) is 5.47. The summed E-state index contributed by atoms with van der Waals surface area (Å²) < 4.78 is 0. The highest BCUT2D eigenvalue weighted by Crippen LogP contribution is 2.29. The molecule has 4 nitrogen and oxygen atoms in total. The Bertz CT molecular complexity index is 850. The molecule has 0 bridgehead atoms. The van der Waals surface area contributed by atoms with Crippen LogP contribution in [0.4, 0.5) is 5.69 Å². The van der Waals surface area contributed by atoms with E-state index in [0.29, 0.717) is 0 Å². The second-order valence-corrected chi connectivity index (χ2v) is 6.08. The van der Waals surface area contributed by atoms with Crippen molar-refractivity contribution in [3.63, 3.8) is 0 Å². The van der Waals surface area contributed by atoms with Crippen molar-refractivity contribution in [3.05, 3.63) is 54.7 Å². The number of benzene rings is 2. The lowest BCUT2D eigenvalue weighted by Crippen LogP contribution is -2.40. The van der Waals surface area contributed by atoms with Crippen molar-refractivity contribution in [3.8, 4) is 11.1 Å². The lowest BCUT2D eigenvalue weighted by Gasteiger charge is -2.24. The van der Waals surface area contributed by atoms with Crippen molar-refractivity contribution in [1.29, 1.82) is 0 Å². The van der Waals surface area contributed by atoms with Crippen LogP contribution in [0.25, 0.3) is 22.0 Å². The standard InChI is InChI=1S/C19H19N3O/c20-19(23)18-2-1-11-22(18)16-6-3-13(4-7-16)14-5-8-17-15(12-14)9-10-21-17/h3-10,12,18,21H,1-2,11H2,(H2,20,23)/t18-/m1/s1. The summed E-state index contributed by atoms with van der Waals surface area (Å²) in [6, 6.07) is 16.7. The van der Waals surface area contributed by atoms with Gasteiger partial charge in [0.2, 0.25) is 5.91 Å². The van der Waals surface area contributed by atoms with E-state index in [9.17, 15) is 4.79 Å². The third-order valence-corrected chi connectivity index (χ3v) is 4.67. The highest BCUT2D eigenvalue weighted by atomic mass is 16.1. The van der Waals surface area contributed by atoms with Gasteiger partial charge in [0.1, 0.15) is 6.04 Å². The van der Waals surface area contributed by atoms with Gasteiger partial charge in [0.05, 0.1) is 0 Å². The van der Waals surface area contributed by atoms with Gasteiger partial charge in [-0.25, -0.2) is 0 Å². The average Bonchev–Trinajstić information content (AvgIpc) is 3.23. The van der Waals surface area contributed by atoms with Crippen LogP contribution in [0.1, 0.15) is 12.8 Å². The molecule has 0 spiro atoms. The minimum atomic E-state index is -0.232. The van der Waals surface area contributed by atoms with E-state index in [4.69, 9.17) is 5.73 Å². The molecule has 4 heteroatoms. The molecule has 0 saturated carbocycles. The molecule has 1 aliphatic heterocycles. The van der Waals surface area contributed by atoms with Crippen LogP contribution in [0, 0.1) is 0 Å². The number of nitrogens with two attached hydrogens (primary N) is 1. The number of amides is 1. The predicted molar refractivity (Wildman–Crippen MR) is 93.3 cm³/mol. The molecule has 2 aromatic carbocycles. The van der Waals surface area contributed by atoms with Gasteiger partial charge in [-0.15, -0.1) is 0 Å². The third-order valence-electron chi connectivity index (χ3n) is 4.67. The fraction of sp³-hybridized carbons (Fsp3) is 0.211. The van der Waals surface area contributed by atoms with Crippen LogP contribution in [0.5, 0.6) is 0 Å². The molecule has 23 heavy (non-hydrogen) atoms. The van der Waals surface area contributed by atoms with Crippen LogP contribution in [0.3, 0.4) is 0 Å². The highest BCUT2D eigenvalue weighted by Gasteiger charge is 2.28. The van der Waals surface area contributed by atoms with Crippen LogP contribution in [-0.2, 0) is 4.79 Å². The number of carbonyl (C=O) groups excluding carboxylic acids is 1. The Morgan fingerprint density at radius 3 is 2.65 bits per heavy atom. The molecular weight excluding hydrogens is 286 g/mol. The normalized spacial score (nSPS) is 17.7. The lowest BCUT2D eigenvalue weighted by atomic mass is 10.0. The fourth-order valence-corrected chi connectivity index (χ4v) is 3.45. The van der Waals surface area contributed by atoms with Crippen molar-refractivity contribution in [2.45, 2.75) is 18.9 Å². The summed E-state index contributed by atoms with van der Waals surface area (Å²) in [5, 5.41) is 1.21. The number of H-pyrrole nitrogens is 1. The first-order valence-corrected chi connectivity index (χ1v) is 7.96. The van der Waals surface area contributed by atoms with E-state index in [1.165, 1.54) is 16.5 Å². The maximum Gasteiger partial charge on any atom is 0.240 e. The van der Waals surface area contributed by atoms with E-state index in [2.05, 4.69) is 58.4 Å². The average molecular weight is 305 g/mol. The summed E-state index contributed by atoms with van der Waals surface area (Å²) in [6.07, 6.45) is 3.82. The molecule has 0 aliphatic carbocycles. The van der Waals surface area contributed by atoms with E-state index in [0.717, 1.165) is 30.6 Å². The first kappa shape index (κ1) is 13.9. The number of primary amides is 1. The number of hydrogen-bond donors (Lipinski definition) is 2. The number of aromatic amines is 1. The molecule has 3 N–H and O–H groups in total. The zero-order valence-electron chi connectivity index (χ0n) is 12.8.